The van der Waals surface area contributed by atoms with E-state index in [1.54, 1.807) is 0 Å². The van der Waals surface area contributed by atoms with Gasteiger partial charge in [0.25, 0.3) is 0 Å². The fraction of sp³-hybridized carbons (Fsp3) is 0.300. The van der Waals surface area contributed by atoms with E-state index in [2.05, 4.69) is 0 Å². The lowest BCUT2D eigenvalue weighted by molar-refractivity contribution is -0.109. The van der Waals surface area contributed by atoms with E-state index in [9.17, 15) is 9.18 Å². The molecule has 0 bridgehead atoms. The van der Waals surface area contributed by atoms with E-state index in [1.165, 1.54) is 12.1 Å². The molecule has 1 unspecified atom stereocenters. The van der Waals surface area contributed by atoms with Crippen LogP contribution in [0.15, 0.2) is 17.0 Å². The molecule has 1 aliphatic rings. The maximum atomic E-state index is 13.2. The van der Waals surface area contributed by atoms with Gasteiger partial charge >= 0.3 is 0 Å². The van der Waals surface area contributed by atoms with Crippen molar-refractivity contribution in [3.8, 4) is 5.75 Å². The van der Waals surface area contributed by atoms with Gasteiger partial charge in [-0.05, 0) is 40.2 Å². The van der Waals surface area contributed by atoms with Gasteiger partial charge in [0.1, 0.15) is 17.9 Å². The van der Waals surface area contributed by atoms with Crippen molar-refractivity contribution in [3.63, 3.8) is 0 Å². The number of ether oxygens (including phenoxy) is 1. The highest BCUT2D eigenvalue weighted by Crippen LogP contribution is 2.41. The molecule has 0 N–H and O–H groups in total. The van der Waals surface area contributed by atoms with E-state index in [0.717, 1.165) is 17.3 Å². The molecule has 1 atom stereocenters. The Hall–Kier alpha value is -0.740. The number of rotatable bonds is 2. The first-order chi connectivity index (χ1) is 7.26. The van der Waals surface area contributed by atoms with Gasteiger partial charge in [0, 0.05) is 11.5 Å². The number of benzene rings is 1. The second kappa shape index (κ2) is 4.41. The zero-order chi connectivity index (χ0) is 10.8. The number of aldehydes is 1. The van der Waals surface area contributed by atoms with Gasteiger partial charge in [-0.3, -0.25) is 0 Å². The smallest absolute Gasteiger partial charge is 0.138 e. The molecule has 5 heteroatoms. The molecule has 0 radical (unpaired) electrons. The summed E-state index contributed by atoms with van der Waals surface area (Å²) >= 11 is 0. The second-order valence-corrected chi connectivity index (χ2v) is 4.34. The molecule has 2 nitrogen and oxygen atoms in total. The summed E-state index contributed by atoms with van der Waals surface area (Å²) < 4.78 is 18.6. The molecule has 0 fully saturated rings. The van der Waals surface area contributed by atoms with Crippen molar-refractivity contribution in [1.29, 1.82) is 0 Å². The van der Waals surface area contributed by atoms with Crippen molar-refractivity contribution >= 4 is 27.9 Å². The fourth-order valence-corrected chi connectivity index (χ4v) is 2.41. The van der Waals surface area contributed by atoms with Crippen LogP contribution < -0.4 is 4.74 Å². The number of hydrogen-bond acceptors (Lipinski definition) is 3. The van der Waals surface area contributed by atoms with Crippen LogP contribution in [0.4, 0.5) is 4.39 Å². The number of halogens is 2. The van der Waals surface area contributed by atoms with Gasteiger partial charge < -0.3 is 9.53 Å². The van der Waals surface area contributed by atoms with Crippen LogP contribution in [0.2, 0.25) is 0 Å². The molecule has 1 heterocycles. The SMILES string of the molecule is O=CC1CCOc2c(SCl)cc(F)cc21. The summed E-state index contributed by atoms with van der Waals surface area (Å²) in [7, 11) is 6.51. The van der Waals surface area contributed by atoms with E-state index in [1.807, 2.05) is 0 Å². The minimum Gasteiger partial charge on any atom is -0.492 e. The predicted molar refractivity (Wildman–Crippen MR) is 57.0 cm³/mol. The lowest BCUT2D eigenvalue weighted by Gasteiger charge is -2.23. The van der Waals surface area contributed by atoms with E-state index < -0.39 is 5.82 Å². The Morgan fingerprint density at radius 3 is 3.07 bits per heavy atom. The van der Waals surface area contributed by atoms with Gasteiger partial charge in [0.15, 0.2) is 0 Å². The molecular formula is C10H8ClFO2S. The third kappa shape index (κ3) is 1.96. The zero-order valence-corrected chi connectivity index (χ0v) is 9.28. The van der Waals surface area contributed by atoms with E-state index in [0.29, 0.717) is 29.2 Å². The molecule has 1 aliphatic heterocycles. The van der Waals surface area contributed by atoms with Crippen LogP contribution in [0.3, 0.4) is 0 Å². The maximum absolute atomic E-state index is 13.2. The molecule has 80 valence electrons. The summed E-state index contributed by atoms with van der Waals surface area (Å²) in [5, 5.41) is 0. The molecular weight excluding hydrogens is 239 g/mol. The molecule has 0 spiro atoms. The number of hydrogen-bond donors (Lipinski definition) is 0. The first kappa shape index (κ1) is 10.8. The standard InChI is InChI=1S/C10H8ClFO2S/c11-15-9-4-7(12)3-8-6(5-13)1-2-14-10(8)9/h3-6H,1-2H2. The lowest BCUT2D eigenvalue weighted by atomic mass is 9.94. The van der Waals surface area contributed by atoms with Crippen molar-refractivity contribution in [1.82, 2.24) is 0 Å². The highest BCUT2D eigenvalue weighted by Gasteiger charge is 2.24. The maximum Gasteiger partial charge on any atom is 0.138 e. The van der Waals surface area contributed by atoms with E-state index >= 15 is 0 Å². The average Bonchev–Trinajstić information content (AvgIpc) is 2.27. The molecule has 2 rings (SSSR count). The minimum absolute atomic E-state index is 0.285. The second-order valence-electron chi connectivity index (χ2n) is 3.28. The van der Waals surface area contributed by atoms with Crippen LogP contribution in [-0.2, 0) is 4.79 Å². The highest BCUT2D eigenvalue weighted by atomic mass is 35.7. The molecule has 0 saturated heterocycles. The first-order valence-corrected chi connectivity index (χ1v) is 6.10. The monoisotopic (exact) mass is 246 g/mol. The zero-order valence-electron chi connectivity index (χ0n) is 7.70. The topological polar surface area (TPSA) is 26.3 Å². The molecule has 15 heavy (non-hydrogen) atoms. The summed E-state index contributed by atoms with van der Waals surface area (Å²) in [4.78, 5) is 11.3. The average molecular weight is 247 g/mol. The van der Waals surface area contributed by atoms with Crippen molar-refractivity contribution in [2.75, 3.05) is 6.61 Å². The third-order valence-corrected chi connectivity index (χ3v) is 3.34. The molecule has 0 saturated carbocycles. The fourth-order valence-electron chi connectivity index (χ4n) is 1.66. The number of carbonyl (C=O) groups excluding carboxylic acids is 1. The van der Waals surface area contributed by atoms with Gasteiger partial charge in [0.2, 0.25) is 0 Å². The van der Waals surface area contributed by atoms with Gasteiger partial charge in [0.05, 0.1) is 11.5 Å². The molecule has 0 aromatic heterocycles. The van der Waals surface area contributed by atoms with Crippen LogP contribution in [0.5, 0.6) is 5.75 Å². The van der Waals surface area contributed by atoms with Gasteiger partial charge in [-0.2, -0.15) is 0 Å². The van der Waals surface area contributed by atoms with E-state index in [4.69, 9.17) is 15.4 Å². The van der Waals surface area contributed by atoms with Gasteiger partial charge in [-0.1, -0.05) is 0 Å². The number of fused-ring (bicyclic) bond motifs is 1. The van der Waals surface area contributed by atoms with Gasteiger partial charge in [-0.25, -0.2) is 4.39 Å². The Labute approximate surface area is 95.3 Å². The highest BCUT2D eigenvalue weighted by molar-refractivity contribution is 8.21. The van der Waals surface area contributed by atoms with Crippen molar-refractivity contribution in [3.05, 3.63) is 23.5 Å². The normalized spacial score (nSPS) is 19.2. The van der Waals surface area contributed by atoms with Crippen LogP contribution >= 0.6 is 21.7 Å². The largest absolute Gasteiger partial charge is 0.492 e. The molecule has 0 amide bonds. The van der Waals surface area contributed by atoms with Crippen molar-refractivity contribution < 1.29 is 13.9 Å². The third-order valence-electron chi connectivity index (χ3n) is 2.37. The Morgan fingerprint density at radius 2 is 2.40 bits per heavy atom. The van der Waals surface area contributed by atoms with Crippen molar-refractivity contribution in [2.45, 2.75) is 17.2 Å². The van der Waals surface area contributed by atoms with E-state index in [-0.39, 0.29) is 5.92 Å². The quantitative estimate of drug-likeness (QED) is 0.750. The summed E-state index contributed by atoms with van der Waals surface area (Å²) in [6, 6.07) is 2.65. The Balaban J connectivity index is 2.55. The first-order valence-electron chi connectivity index (χ1n) is 4.46. The Kier molecular flexibility index (Phi) is 3.17. The summed E-state index contributed by atoms with van der Waals surface area (Å²) in [5.41, 5.74) is 0.597. The lowest BCUT2D eigenvalue weighted by Crippen LogP contribution is -2.16. The molecule has 0 aliphatic carbocycles. The minimum atomic E-state index is -0.394. The van der Waals surface area contributed by atoms with Crippen LogP contribution in [0.25, 0.3) is 0 Å². The predicted octanol–water partition coefficient (Wildman–Crippen LogP) is 3.14. The van der Waals surface area contributed by atoms with Gasteiger partial charge in [-0.15, -0.1) is 0 Å². The van der Waals surface area contributed by atoms with Crippen molar-refractivity contribution in [2.24, 2.45) is 0 Å². The molecule has 1 aromatic rings. The summed E-state index contributed by atoms with van der Waals surface area (Å²) in [6.45, 7) is 0.465. The Bertz CT molecular complexity index is 397. The van der Waals surface area contributed by atoms with Crippen LogP contribution in [0, 0.1) is 5.82 Å². The number of carbonyl (C=O) groups is 1. The molecule has 1 aromatic carbocycles. The summed E-state index contributed by atoms with van der Waals surface area (Å²) in [5.74, 6) is -0.138. The summed E-state index contributed by atoms with van der Waals surface area (Å²) in [6.07, 6.45) is 1.41. The van der Waals surface area contributed by atoms with Crippen LogP contribution in [-0.4, -0.2) is 12.9 Å². The van der Waals surface area contributed by atoms with Crippen LogP contribution in [0.1, 0.15) is 17.9 Å². The Morgan fingerprint density at radius 1 is 1.60 bits per heavy atom.